The van der Waals surface area contributed by atoms with Crippen LogP contribution in [0, 0.1) is 58.7 Å². The van der Waals surface area contributed by atoms with Crippen molar-refractivity contribution >= 4 is 40.1 Å². The molecular formula is C57H66N6O5S2. The molecule has 1 aliphatic heterocycles. The molecule has 9 atom stereocenters. The van der Waals surface area contributed by atoms with E-state index in [1.54, 1.807) is 35.1 Å². The van der Waals surface area contributed by atoms with Gasteiger partial charge in [0.2, 0.25) is 0 Å². The van der Waals surface area contributed by atoms with E-state index < -0.39 is 23.7 Å². The number of aliphatic hydroxyl groups is 3. The van der Waals surface area contributed by atoms with E-state index in [9.17, 15) is 20.4 Å². The summed E-state index contributed by atoms with van der Waals surface area (Å²) in [5.41, 5.74) is 11.6. The Morgan fingerprint density at radius 3 is 2.63 bits per heavy atom. The van der Waals surface area contributed by atoms with Crippen molar-refractivity contribution in [1.82, 2.24) is 15.3 Å². The van der Waals surface area contributed by atoms with Crippen LogP contribution in [0.1, 0.15) is 126 Å². The van der Waals surface area contributed by atoms with Gasteiger partial charge in [0, 0.05) is 65.0 Å². The highest BCUT2D eigenvalue weighted by atomic mass is 32.1. The molecule has 5 aromatic rings. The number of aromatic nitrogens is 2. The second kappa shape index (κ2) is 20.4. The topological polar surface area (TPSA) is 189 Å². The van der Waals surface area contributed by atoms with Crippen LogP contribution in [0.2, 0.25) is 0 Å². The van der Waals surface area contributed by atoms with Gasteiger partial charge in [-0.25, -0.2) is 9.98 Å². The van der Waals surface area contributed by atoms with Gasteiger partial charge >= 0.3 is 0 Å². The Balaban J connectivity index is 1.13. The number of hydrogen-bond donors (Lipinski definition) is 8. The fourth-order valence-electron chi connectivity index (χ4n) is 13.1. The van der Waals surface area contributed by atoms with E-state index in [0.717, 1.165) is 85.1 Å². The zero-order valence-electron chi connectivity index (χ0n) is 40.3. The zero-order valence-corrected chi connectivity index (χ0v) is 41.9. The highest BCUT2D eigenvalue weighted by Gasteiger charge is 2.58. The first-order valence-corrected chi connectivity index (χ1v) is 27.0. The molecule has 366 valence electrons. The number of benzene rings is 2. The number of thiophene rings is 2. The highest BCUT2D eigenvalue weighted by molar-refractivity contribution is 7.23. The van der Waals surface area contributed by atoms with Crippen molar-refractivity contribution in [1.29, 1.82) is 0 Å². The van der Waals surface area contributed by atoms with Gasteiger partial charge in [0.25, 0.3) is 0 Å². The van der Waals surface area contributed by atoms with E-state index >= 15 is 4.79 Å². The van der Waals surface area contributed by atoms with Crippen LogP contribution in [0.4, 0.5) is 5.69 Å². The quantitative estimate of drug-likeness (QED) is 0.0310. The molecular weight excluding hydrogens is 913 g/mol. The summed E-state index contributed by atoms with van der Waals surface area (Å²) in [6.45, 7) is 3.47. The molecule has 0 amide bonds. The number of carbonyl (C=O) groups is 1. The van der Waals surface area contributed by atoms with E-state index in [0.29, 0.717) is 63.0 Å². The van der Waals surface area contributed by atoms with Crippen molar-refractivity contribution in [3.05, 3.63) is 110 Å². The molecule has 0 saturated heterocycles. The molecule has 11 nitrogen and oxygen atoms in total. The Kier molecular flexibility index (Phi) is 14.0. The van der Waals surface area contributed by atoms with Crippen LogP contribution in [0.25, 0.3) is 9.75 Å². The van der Waals surface area contributed by atoms with Crippen molar-refractivity contribution < 1.29 is 25.2 Å². The minimum absolute atomic E-state index is 0.00230. The first-order valence-electron chi connectivity index (χ1n) is 25.3. The average Bonchev–Trinajstić information content (AvgIpc) is 4.19. The molecule has 9 N–H and O–H groups in total. The number of phenolic OH excluding ortho intramolecular Hbond substituents is 1. The van der Waals surface area contributed by atoms with Crippen LogP contribution in [-0.2, 0) is 25.7 Å². The van der Waals surface area contributed by atoms with Crippen LogP contribution in [0.5, 0.6) is 5.75 Å². The van der Waals surface area contributed by atoms with Crippen molar-refractivity contribution in [2.45, 2.75) is 128 Å². The van der Waals surface area contributed by atoms with Crippen molar-refractivity contribution in [3.8, 4) is 39.2 Å². The number of anilines is 1. The van der Waals surface area contributed by atoms with Crippen LogP contribution < -0.4 is 16.4 Å². The smallest absolute Gasteiger partial charge is 0.189 e. The largest absolute Gasteiger partial charge is 0.508 e. The zero-order chi connectivity index (χ0) is 48.6. The number of β-amino-alcohol motifs (C(OH)–C–C–N with tert-alkyl or cyclic N) is 1. The monoisotopic (exact) mass is 978 g/mol. The lowest BCUT2D eigenvalue weighted by Crippen LogP contribution is -2.45. The molecule has 70 heavy (non-hydrogen) atoms. The number of nitrogens with two attached hydrogens (primary N) is 1. The lowest BCUT2D eigenvalue weighted by molar-refractivity contribution is 0.0139. The molecule has 3 saturated carbocycles. The summed E-state index contributed by atoms with van der Waals surface area (Å²) in [4.78, 5) is 32.3. The molecule has 10 rings (SSSR count). The SMILES string of the molecule is CC#Cc1ccc(-c2ccc(C(=O)C3CCC4CC35CC(C(O)CO)C(C5)C3C#Cc5c(cc(O)cc5NCC(C)(O)Cc5cccc(c5Cc5cnc[nH]5)C3)CC4N=C(N)NC3CCCCC3)s2)s1. The minimum atomic E-state index is -1.19. The number of aromatic amines is 1. The van der Waals surface area contributed by atoms with Gasteiger partial charge in [-0.1, -0.05) is 55.2 Å². The third-order valence-corrected chi connectivity index (χ3v) is 18.6. The molecule has 4 heterocycles. The van der Waals surface area contributed by atoms with E-state index in [1.807, 2.05) is 38.2 Å². The number of rotatable bonds is 9. The number of H-pyrrole nitrogens is 1. The number of phenols is 1. The number of Topliss-reactive ketones (excluding diaryl/α,β-unsaturated/α-hetero) is 1. The molecule has 4 aliphatic carbocycles. The molecule has 7 bridgehead atoms. The van der Waals surface area contributed by atoms with Crippen LogP contribution in [0.15, 0.2) is 72.1 Å². The van der Waals surface area contributed by atoms with Gasteiger partial charge in [-0.2, -0.15) is 0 Å². The van der Waals surface area contributed by atoms with Crippen LogP contribution in [-0.4, -0.2) is 79.1 Å². The standard InChI is InChI=1S/C57H66N6O5S2/c1-3-8-42-15-18-51(69-42)52-19-20-53(70-52)54(67)47-17-14-37-27-57(47)28-45(46(29-57)50(66)31-64)35-13-16-43-38(23-48(37)63-55(58)62-39-11-5-4-6-12-39)22-41(65)25-49(43)60-32-56(2,68)26-36-10-7-9-34(21-35)44(36)24-40-30-59-33-61-40/h7,9-10,15,18-20,22,25,30,33,35,37,39,45-48,50,60,64-66,68H,4-6,11-12,14,17,21,23-24,26-29,31-32H2,1-2H3,(H,59,61)(H3,58,62,63). The van der Waals surface area contributed by atoms with Gasteiger partial charge in [-0.05, 0) is 147 Å². The molecule has 3 fully saturated rings. The maximum atomic E-state index is 15.4. The lowest BCUT2D eigenvalue weighted by Gasteiger charge is -2.46. The molecule has 9 unspecified atom stereocenters. The second-order valence-corrected chi connectivity index (χ2v) is 23.4. The Labute approximate surface area is 419 Å². The maximum Gasteiger partial charge on any atom is 0.189 e. The third kappa shape index (κ3) is 10.2. The molecule has 3 aromatic heterocycles. The number of imidazole rings is 1. The van der Waals surface area contributed by atoms with E-state index in [2.05, 4.69) is 74.6 Å². The number of ketones is 1. The second-order valence-electron chi connectivity index (χ2n) is 21.2. The summed E-state index contributed by atoms with van der Waals surface area (Å²) >= 11 is 3.18. The summed E-state index contributed by atoms with van der Waals surface area (Å²) in [6.07, 6.45) is 13.3. The number of carbonyl (C=O) groups excluding carboxylic acids is 1. The Morgan fingerprint density at radius 1 is 1.01 bits per heavy atom. The number of nitrogens with one attached hydrogen (secondary N) is 3. The van der Waals surface area contributed by atoms with E-state index in [1.165, 1.54) is 6.42 Å². The molecule has 2 aromatic carbocycles. The summed E-state index contributed by atoms with van der Waals surface area (Å²) in [6, 6.07) is 17.9. The van der Waals surface area contributed by atoms with Crippen LogP contribution in [0.3, 0.4) is 0 Å². The van der Waals surface area contributed by atoms with Gasteiger partial charge in [-0.15, -0.1) is 28.6 Å². The third-order valence-electron chi connectivity index (χ3n) is 16.3. The lowest BCUT2D eigenvalue weighted by atomic mass is 9.58. The Hall–Kier alpha value is -5.41. The van der Waals surface area contributed by atoms with Gasteiger partial charge in [-0.3, -0.25) is 4.79 Å². The Morgan fingerprint density at radius 2 is 1.83 bits per heavy atom. The number of aliphatic imine (C=N–C) groups is 1. The molecule has 0 radical (unpaired) electrons. The summed E-state index contributed by atoms with van der Waals surface area (Å²) in [5, 5.41) is 53.8. The summed E-state index contributed by atoms with van der Waals surface area (Å²) in [7, 11) is 0. The minimum Gasteiger partial charge on any atom is -0.508 e. The normalized spacial score (nSPS) is 28.2. The predicted octanol–water partition coefficient (Wildman–Crippen LogP) is 8.62. The number of aliphatic hydroxyl groups excluding tert-OH is 2. The van der Waals surface area contributed by atoms with Gasteiger partial charge in [0.1, 0.15) is 5.75 Å². The summed E-state index contributed by atoms with van der Waals surface area (Å²) < 4.78 is 0. The maximum absolute atomic E-state index is 15.4. The van der Waals surface area contributed by atoms with Crippen molar-refractivity contribution in [2.24, 2.45) is 45.7 Å². The predicted molar refractivity (Wildman–Crippen MR) is 279 cm³/mol. The number of guanidine groups is 1. The van der Waals surface area contributed by atoms with Gasteiger partial charge in [0.15, 0.2) is 11.7 Å². The van der Waals surface area contributed by atoms with E-state index in [-0.39, 0.29) is 59.8 Å². The first-order chi connectivity index (χ1) is 33.9. The van der Waals surface area contributed by atoms with Crippen molar-refractivity contribution in [3.63, 3.8) is 0 Å². The highest BCUT2D eigenvalue weighted by Crippen LogP contribution is 2.62. The number of aromatic hydroxyl groups is 1. The number of hydrogen-bond acceptors (Lipinski definition) is 10. The average molecular weight is 979 g/mol. The fourth-order valence-corrected chi connectivity index (χ4v) is 15.1. The summed E-state index contributed by atoms with van der Waals surface area (Å²) in [5.74, 6) is 13.1. The first kappa shape index (κ1) is 48.2. The molecule has 13 heteroatoms. The number of nitrogens with zero attached hydrogens (tertiary/aromatic N) is 2. The van der Waals surface area contributed by atoms with Crippen molar-refractivity contribution in [2.75, 3.05) is 18.5 Å². The number of fused-ring (bicyclic) bond motifs is 6. The van der Waals surface area contributed by atoms with E-state index in [4.69, 9.17) is 10.7 Å². The fraction of sp³-hybridized carbons (Fsp3) is 0.491. The van der Waals surface area contributed by atoms with Crippen LogP contribution >= 0.6 is 22.7 Å². The Bertz CT molecular complexity index is 2860. The molecule has 1 spiro atoms. The molecule has 5 aliphatic rings. The van der Waals surface area contributed by atoms with Gasteiger partial charge in [0.05, 0.1) is 51.7 Å². The van der Waals surface area contributed by atoms with Gasteiger partial charge < -0.3 is 41.8 Å².